The molecule has 0 amide bonds. The fourth-order valence-electron chi connectivity index (χ4n) is 1.64. The van der Waals surface area contributed by atoms with Crippen LogP contribution in [0.3, 0.4) is 0 Å². The summed E-state index contributed by atoms with van der Waals surface area (Å²) in [6, 6.07) is 8.19. The Morgan fingerprint density at radius 3 is 1.72 bits per heavy atom. The predicted octanol–water partition coefficient (Wildman–Crippen LogP) is 3.08. The van der Waals surface area contributed by atoms with Crippen LogP contribution in [0.15, 0.2) is 61.7 Å². The Labute approximate surface area is 107 Å². The highest BCUT2D eigenvalue weighted by molar-refractivity contribution is 5.43. The summed E-state index contributed by atoms with van der Waals surface area (Å²) < 4.78 is 3.95. The Kier molecular flexibility index (Phi) is 3.91. The van der Waals surface area contributed by atoms with Gasteiger partial charge in [-0.2, -0.15) is 0 Å². The third-order valence-corrected chi connectivity index (χ3v) is 2.43. The Morgan fingerprint density at radius 2 is 1.33 bits per heavy atom. The molecule has 0 bridgehead atoms. The minimum atomic E-state index is 1.09. The van der Waals surface area contributed by atoms with Crippen molar-refractivity contribution in [1.29, 1.82) is 0 Å². The molecule has 2 heterocycles. The summed E-state index contributed by atoms with van der Waals surface area (Å²) in [5.41, 5.74) is 2.17. The van der Waals surface area contributed by atoms with Crippen LogP contribution < -0.4 is 0 Å². The van der Waals surface area contributed by atoms with Crippen LogP contribution in [-0.4, -0.2) is 19.1 Å². The first-order valence-electron chi connectivity index (χ1n) is 6.00. The molecule has 4 heteroatoms. The molecule has 0 radical (unpaired) electrons. The van der Waals surface area contributed by atoms with E-state index in [1.54, 1.807) is 25.0 Å². The standard InChI is InChI=1S/C12H10N4.C2H6/c1-2-11(15-6-4-13-9-15)8-12(3-1)16-7-5-14-10-16;1-2/h1-10H;1-2H3. The number of imidazole rings is 2. The largest absolute Gasteiger partial charge is 0.306 e. The van der Waals surface area contributed by atoms with Crippen molar-refractivity contribution >= 4 is 0 Å². The van der Waals surface area contributed by atoms with Crippen molar-refractivity contribution in [2.45, 2.75) is 13.8 Å². The van der Waals surface area contributed by atoms with E-state index in [2.05, 4.69) is 16.0 Å². The minimum absolute atomic E-state index is 1.09. The van der Waals surface area contributed by atoms with Crippen LogP contribution in [0, 0.1) is 0 Å². The lowest BCUT2D eigenvalue weighted by Gasteiger charge is -2.06. The number of aromatic nitrogens is 4. The van der Waals surface area contributed by atoms with Crippen LogP contribution in [0.4, 0.5) is 0 Å². The van der Waals surface area contributed by atoms with Gasteiger partial charge in [0.05, 0.1) is 12.7 Å². The van der Waals surface area contributed by atoms with Crippen LogP contribution >= 0.6 is 0 Å². The molecular formula is C14H16N4. The number of rotatable bonds is 2. The predicted molar refractivity (Wildman–Crippen MR) is 72.0 cm³/mol. The van der Waals surface area contributed by atoms with E-state index in [-0.39, 0.29) is 0 Å². The fraction of sp³-hybridized carbons (Fsp3) is 0.143. The van der Waals surface area contributed by atoms with Crippen LogP contribution in [0.5, 0.6) is 0 Å². The van der Waals surface area contributed by atoms with Crippen molar-refractivity contribution in [1.82, 2.24) is 19.1 Å². The molecule has 3 rings (SSSR count). The Bertz CT molecular complexity index is 518. The van der Waals surface area contributed by atoms with Crippen LogP contribution in [0.1, 0.15) is 13.8 Å². The van der Waals surface area contributed by atoms with Gasteiger partial charge >= 0.3 is 0 Å². The van der Waals surface area contributed by atoms with Gasteiger partial charge in [-0.1, -0.05) is 19.9 Å². The SMILES string of the molecule is CC.c1cc(-n2ccnc2)cc(-n2ccnc2)c1. The van der Waals surface area contributed by atoms with Gasteiger partial charge in [0.1, 0.15) is 0 Å². The van der Waals surface area contributed by atoms with Gasteiger partial charge in [0.25, 0.3) is 0 Å². The van der Waals surface area contributed by atoms with Crippen molar-refractivity contribution < 1.29 is 0 Å². The topological polar surface area (TPSA) is 35.6 Å². The lowest BCUT2D eigenvalue weighted by molar-refractivity contribution is 1.02. The number of benzene rings is 1. The molecular weight excluding hydrogens is 224 g/mol. The van der Waals surface area contributed by atoms with Crippen LogP contribution in [-0.2, 0) is 0 Å². The second-order valence-corrected chi connectivity index (χ2v) is 3.46. The molecule has 0 aliphatic heterocycles. The highest BCUT2D eigenvalue weighted by atomic mass is 15.0. The summed E-state index contributed by atoms with van der Waals surface area (Å²) in [4.78, 5) is 8.07. The first-order valence-corrected chi connectivity index (χ1v) is 6.00. The molecule has 0 spiro atoms. The molecule has 0 N–H and O–H groups in total. The smallest absolute Gasteiger partial charge is 0.0991 e. The van der Waals surface area contributed by atoms with Gasteiger partial charge in [-0.25, -0.2) is 9.97 Å². The van der Waals surface area contributed by atoms with E-state index in [0.29, 0.717) is 0 Å². The zero-order chi connectivity index (χ0) is 12.8. The lowest BCUT2D eigenvalue weighted by atomic mass is 10.2. The number of hydrogen-bond acceptors (Lipinski definition) is 2. The van der Waals surface area contributed by atoms with Crippen LogP contribution in [0.2, 0.25) is 0 Å². The second-order valence-electron chi connectivity index (χ2n) is 3.46. The van der Waals surface area contributed by atoms with E-state index in [4.69, 9.17) is 0 Å². The fourth-order valence-corrected chi connectivity index (χ4v) is 1.64. The summed E-state index contributed by atoms with van der Waals surface area (Å²) in [5.74, 6) is 0. The van der Waals surface area contributed by atoms with Gasteiger partial charge in [0.2, 0.25) is 0 Å². The van der Waals surface area contributed by atoms with E-state index < -0.39 is 0 Å². The highest BCUT2D eigenvalue weighted by Crippen LogP contribution is 2.13. The lowest BCUT2D eigenvalue weighted by Crippen LogP contribution is -1.94. The van der Waals surface area contributed by atoms with E-state index in [0.717, 1.165) is 11.4 Å². The molecule has 92 valence electrons. The average Bonchev–Trinajstić information content (AvgIpc) is 3.15. The van der Waals surface area contributed by atoms with Crippen molar-refractivity contribution in [2.75, 3.05) is 0 Å². The monoisotopic (exact) mass is 240 g/mol. The van der Waals surface area contributed by atoms with Gasteiger partial charge < -0.3 is 9.13 Å². The van der Waals surface area contributed by atoms with Gasteiger partial charge in [-0.05, 0) is 18.2 Å². The van der Waals surface area contributed by atoms with E-state index >= 15 is 0 Å². The molecule has 3 aromatic rings. The summed E-state index contributed by atoms with van der Waals surface area (Å²) >= 11 is 0. The van der Waals surface area contributed by atoms with Crippen LogP contribution in [0.25, 0.3) is 11.4 Å². The molecule has 0 saturated heterocycles. The molecule has 18 heavy (non-hydrogen) atoms. The van der Waals surface area contributed by atoms with Crippen molar-refractivity contribution in [3.8, 4) is 11.4 Å². The third-order valence-electron chi connectivity index (χ3n) is 2.43. The maximum Gasteiger partial charge on any atom is 0.0991 e. The second kappa shape index (κ2) is 5.82. The molecule has 0 atom stereocenters. The van der Waals surface area contributed by atoms with Gasteiger partial charge in [-0.15, -0.1) is 0 Å². The average molecular weight is 240 g/mol. The molecule has 0 saturated carbocycles. The zero-order valence-electron chi connectivity index (χ0n) is 10.6. The molecule has 1 aromatic carbocycles. The zero-order valence-corrected chi connectivity index (χ0v) is 10.6. The van der Waals surface area contributed by atoms with Crippen molar-refractivity contribution in [2.24, 2.45) is 0 Å². The number of nitrogens with zero attached hydrogens (tertiary/aromatic N) is 4. The van der Waals surface area contributed by atoms with Gasteiger partial charge in [0.15, 0.2) is 0 Å². The molecule has 0 fully saturated rings. The van der Waals surface area contributed by atoms with E-state index in [9.17, 15) is 0 Å². The molecule has 0 aliphatic carbocycles. The Balaban J connectivity index is 0.000000574. The number of hydrogen-bond donors (Lipinski definition) is 0. The summed E-state index contributed by atoms with van der Waals surface area (Å²) in [6.07, 6.45) is 11.0. The minimum Gasteiger partial charge on any atom is -0.306 e. The molecule has 2 aromatic heterocycles. The van der Waals surface area contributed by atoms with Gasteiger partial charge in [-0.3, -0.25) is 0 Å². The Hall–Kier alpha value is -2.36. The van der Waals surface area contributed by atoms with Crippen molar-refractivity contribution in [3.63, 3.8) is 0 Å². The maximum absolute atomic E-state index is 4.03. The summed E-state index contributed by atoms with van der Waals surface area (Å²) in [7, 11) is 0. The Morgan fingerprint density at radius 1 is 0.833 bits per heavy atom. The summed E-state index contributed by atoms with van der Waals surface area (Å²) in [5, 5.41) is 0. The third kappa shape index (κ3) is 2.48. The van der Waals surface area contributed by atoms with E-state index in [1.165, 1.54) is 0 Å². The molecule has 0 aliphatic rings. The quantitative estimate of drug-likeness (QED) is 0.690. The first-order chi connectivity index (χ1) is 8.93. The molecule has 0 unspecified atom stereocenters. The molecule has 4 nitrogen and oxygen atoms in total. The van der Waals surface area contributed by atoms with E-state index in [1.807, 2.05) is 53.6 Å². The normalized spacial score (nSPS) is 9.67. The maximum atomic E-state index is 4.03. The summed E-state index contributed by atoms with van der Waals surface area (Å²) in [6.45, 7) is 4.00. The highest BCUT2D eigenvalue weighted by Gasteiger charge is 1.98. The van der Waals surface area contributed by atoms with Gasteiger partial charge in [0, 0.05) is 36.2 Å². The van der Waals surface area contributed by atoms with Crippen molar-refractivity contribution in [3.05, 3.63) is 61.7 Å². The first kappa shape index (κ1) is 12.1.